The van der Waals surface area contributed by atoms with Crippen molar-refractivity contribution in [3.8, 4) is 0 Å². The zero-order valence-electron chi connectivity index (χ0n) is 27.4. The van der Waals surface area contributed by atoms with Gasteiger partial charge < -0.3 is 29.0 Å². The second-order valence-corrected chi connectivity index (χ2v) is 16.2. The van der Waals surface area contributed by atoms with Crippen LogP contribution in [0.4, 0.5) is 0 Å². The standard InChI is InChI=1S/C32H50B2O6S2/c1-11-12-13-14-15-20-21-18-23(33-39-30(6,7)28(2,3)35)41-26(21)27-22(25(20)32(10)37-16-17-38-32)19-24(42-27)34-40-31(8,9)29(4,5)36/h18-19,33-36H,11-17H2,1-10H3. The maximum absolute atomic E-state index is 10.7. The average molecular weight is 617 g/mol. The SMILES string of the molecule is CCCCCCc1c(C2(C)OCCO2)c2cc(BOC(C)(C)C(C)(C)O)sc2c2sc(BOC(C)(C)C(C)(C)O)cc12. The normalized spacial score (nSPS) is 16.6. The molecular weight excluding hydrogens is 566 g/mol. The Kier molecular flexibility index (Phi) is 10.0. The fourth-order valence-corrected chi connectivity index (χ4v) is 7.42. The maximum Gasteiger partial charge on any atom is 0.319 e. The van der Waals surface area contributed by atoms with E-state index in [9.17, 15) is 10.2 Å². The molecule has 3 heterocycles. The minimum Gasteiger partial charge on any atom is -0.426 e. The highest BCUT2D eigenvalue weighted by Crippen LogP contribution is 2.45. The van der Waals surface area contributed by atoms with Crippen LogP contribution in [0.2, 0.25) is 0 Å². The number of hydrogen-bond acceptors (Lipinski definition) is 8. The van der Waals surface area contributed by atoms with Gasteiger partial charge in [-0.05, 0) is 98.2 Å². The van der Waals surface area contributed by atoms with Crippen LogP contribution < -0.4 is 9.55 Å². The van der Waals surface area contributed by atoms with E-state index in [1.165, 1.54) is 39.6 Å². The molecule has 0 aliphatic carbocycles. The molecule has 1 aliphatic heterocycles. The predicted octanol–water partition coefficient (Wildman–Crippen LogP) is 5.54. The number of aryl methyl sites for hydroxylation is 1. The first-order chi connectivity index (χ1) is 19.4. The van der Waals surface area contributed by atoms with Crippen molar-refractivity contribution in [3.63, 3.8) is 0 Å². The van der Waals surface area contributed by atoms with Crippen molar-refractivity contribution in [1.82, 2.24) is 0 Å². The number of benzene rings is 1. The molecule has 10 heteroatoms. The van der Waals surface area contributed by atoms with Crippen LogP contribution in [0.1, 0.15) is 106 Å². The molecule has 0 amide bonds. The van der Waals surface area contributed by atoms with E-state index in [-0.39, 0.29) is 0 Å². The van der Waals surface area contributed by atoms with Gasteiger partial charge in [0, 0.05) is 20.5 Å². The van der Waals surface area contributed by atoms with Crippen molar-refractivity contribution in [3.05, 3.63) is 23.3 Å². The fraction of sp³-hybridized carbons (Fsp3) is 0.688. The quantitative estimate of drug-likeness (QED) is 0.183. The van der Waals surface area contributed by atoms with Crippen LogP contribution in [-0.4, -0.2) is 60.8 Å². The molecule has 0 bridgehead atoms. The molecule has 1 saturated heterocycles. The molecule has 0 unspecified atom stereocenters. The Bertz CT molecular complexity index is 1370. The average Bonchev–Trinajstić information content (AvgIpc) is 3.61. The van der Waals surface area contributed by atoms with Crippen molar-refractivity contribution in [1.29, 1.82) is 0 Å². The summed E-state index contributed by atoms with van der Waals surface area (Å²) >= 11 is 3.51. The van der Waals surface area contributed by atoms with E-state index >= 15 is 0 Å². The Balaban J connectivity index is 1.86. The lowest BCUT2D eigenvalue weighted by molar-refractivity contribution is -0.149. The molecule has 2 N–H and O–H groups in total. The molecule has 1 aromatic carbocycles. The van der Waals surface area contributed by atoms with Crippen LogP contribution in [0.25, 0.3) is 20.2 Å². The molecule has 1 aliphatic rings. The van der Waals surface area contributed by atoms with E-state index in [0.717, 1.165) is 33.3 Å². The molecule has 42 heavy (non-hydrogen) atoms. The first-order valence-corrected chi connectivity index (χ1v) is 17.0. The van der Waals surface area contributed by atoms with E-state index in [4.69, 9.17) is 18.8 Å². The molecule has 1 fully saturated rings. The van der Waals surface area contributed by atoms with Gasteiger partial charge in [0.15, 0.2) is 5.79 Å². The Morgan fingerprint density at radius 2 is 1.26 bits per heavy atom. The molecule has 3 aromatic rings. The van der Waals surface area contributed by atoms with Crippen molar-refractivity contribution < 1.29 is 29.0 Å². The first kappa shape index (κ1) is 33.9. The van der Waals surface area contributed by atoms with E-state index in [2.05, 4.69) is 26.0 Å². The maximum atomic E-state index is 10.7. The van der Waals surface area contributed by atoms with Gasteiger partial charge in [-0.2, -0.15) is 0 Å². The highest BCUT2D eigenvalue weighted by molar-refractivity contribution is 7.34. The Labute approximate surface area is 261 Å². The third-order valence-electron chi connectivity index (χ3n) is 9.34. The number of rotatable bonds is 14. The molecule has 2 aromatic heterocycles. The van der Waals surface area contributed by atoms with Crippen LogP contribution in [0, 0.1) is 0 Å². The zero-order chi connectivity index (χ0) is 31.1. The van der Waals surface area contributed by atoms with E-state index in [0.29, 0.717) is 28.2 Å². The summed E-state index contributed by atoms with van der Waals surface area (Å²) in [7, 11) is 0.830. The molecule has 6 nitrogen and oxygen atoms in total. The van der Waals surface area contributed by atoms with E-state index < -0.39 is 28.2 Å². The molecule has 0 radical (unpaired) electrons. The summed E-state index contributed by atoms with van der Waals surface area (Å²) in [6.07, 6.45) is 5.64. The van der Waals surface area contributed by atoms with Crippen LogP contribution in [-0.2, 0) is 31.0 Å². The topological polar surface area (TPSA) is 77.4 Å². The number of ether oxygens (including phenoxy) is 2. The van der Waals surface area contributed by atoms with Gasteiger partial charge in [0.25, 0.3) is 0 Å². The summed E-state index contributed by atoms with van der Waals surface area (Å²) in [5.41, 5.74) is -0.941. The summed E-state index contributed by atoms with van der Waals surface area (Å²) in [5, 5.41) is 23.7. The fourth-order valence-electron chi connectivity index (χ4n) is 5.09. The highest BCUT2D eigenvalue weighted by Gasteiger charge is 2.40. The minimum atomic E-state index is -0.980. The van der Waals surface area contributed by atoms with Crippen molar-refractivity contribution in [2.75, 3.05) is 13.2 Å². The van der Waals surface area contributed by atoms with Crippen LogP contribution in [0.15, 0.2) is 12.1 Å². The summed E-state index contributed by atoms with van der Waals surface area (Å²) in [6.45, 7) is 20.3. The Hall–Kier alpha value is -0.970. The number of thiophene rings is 2. The zero-order valence-corrected chi connectivity index (χ0v) is 29.0. The summed E-state index contributed by atoms with van der Waals surface area (Å²) in [5.74, 6) is -0.820. The molecule has 4 rings (SSSR count). The third-order valence-corrected chi connectivity index (χ3v) is 11.7. The minimum absolute atomic E-state index is 0.405. The Morgan fingerprint density at radius 1 is 0.786 bits per heavy atom. The lowest BCUT2D eigenvalue weighted by Gasteiger charge is -2.37. The van der Waals surface area contributed by atoms with Crippen LogP contribution in [0.5, 0.6) is 0 Å². The van der Waals surface area contributed by atoms with Gasteiger partial charge in [-0.1, -0.05) is 26.2 Å². The van der Waals surface area contributed by atoms with Crippen LogP contribution in [0.3, 0.4) is 0 Å². The molecular formula is C32H50B2O6S2. The Morgan fingerprint density at radius 3 is 1.74 bits per heavy atom. The van der Waals surface area contributed by atoms with Gasteiger partial charge >= 0.3 is 15.0 Å². The van der Waals surface area contributed by atoms with Gasteiger partial charge in [0.05, 0.1) is 45.0 Å². The van der Waals surface area contributed by atoms with Gasteiger partial charge in [-0.3, -0.25) is 0 Å². The number of unbranched alkanes of at least 4 members (excludes halogenated alkanes) is 3. The lowest BCUT2D eigenvalue weighted by Crippen LogP contribution is -2.49. The smallest absolute Gasteiger partial charge is 0.319 e. The van der Waals surface area contributed by atoms with E-state index in [1.807, 2.05) is 27.7 Å². The van der Waals surface area contributed by atoms with Crippen LogP contribution >= 0.6 is 22.7 Å². The van der Waals surface area contributed by atoms with Gasteiger partial charge in [0.2, 0.25) is 0 Å². The predicted molar refractivity (Wildman–Crippen MR) is 181 cm³/mol. The summed E-state index contributed by atoms with van der Waals surface area (Å²) < 4.78 is 29.9. The number of aliphatic hydroxyl groups is 2. The summed E-state index contributed by atoms with van der Waals surface area (Å²) in [6, 6.07) is 4.53. The van der Waals surface area contributed by atoms with Crippen molar-refractivity contribution in [2.45, 2.75) is 130 Å². The highest BCUT2D eigenvalue weighted by atomic mass is 32.1. The second-order valence-electron chi connectivity index (χ2n) is 13.9. The largest absolute Gasteiger partial charge is 0.426 e. The molecule has 0 spiro atoms. The van der Waals surface area contributed by atoms with Gasteiger partial charge in [0.1, 0.15) is 0 Å². The molecule has 232 valence electrons. The summed E-state index contributed by atoms with van der Waals surface area (Å²) in [4.78, 5) is 0. The van der Waals surface area contributed by atoms with Crippen molar-refractivity contribution in [2.24, 2.45) is 0 Å². The molecule has 0 saturated carbocycles. The second kappa shape index (κ2) is 12.4. The molecule has 0 atom stereocenters. The van der Waals surface area contributed by atoms with Gasteiger partial charge in [-0.25, -0.2) is 0 Å². The monoisotopic (exact) mass is 616 g/mol. The van der Waals surface area contributed by atoms with Gasteiger partial charge in [-0.15, -0.1) is 22.7 Å². The number of hydrogen-bond donors (Lipinski definition) is 2. The van der Waals surface area contributed by atoms with Crippen molar-refractivity contribution >= 4 is 67.4 Å². The first-order valence-electron chi connectivity index (χ1n) is 15.4. The third kappa shape index (κ3) is 6.96. The lowest BCUT2D eigenvalue weighted by atomic mass is 9.85. The number of fused-ring (bicyclic) bond motifs is 3. The van der Waals surface area contributed by atoms with E-state index in [1.54, 1.807) is 50.4 Å².